The standard InChI is InChI=1S/C17H20F2N4/c18-15(10-7-12-3-1-2-4-12)17(22-23-21)16(19)14-8-5-13(11-20)6-9-14/h5-6,8-9,12,15-17H,1-4,7,10H2/t15-,16+,17+/m1/s1. The maximum absolute atomic E-state index is 14.6. The largest absolute Gasteiger partial charge is 0.247 e. The predicted molar refractivity (Wildman–Crippen MR) is 84.0 cm³/mol. The number of halogens is 2. The zero-order chi connectivity index (χ0) is 16.7. The molecule has 1 aliphatic carbocycles. The third kappa shape index (κ3) is 4.67. The summed E-state index contributed by atoms with van der Waals surface area (Å²) in [6.45, 7) is 0. The van der Waals surface area contributed by atoms with Gasteiger partial charge >= 0.3 is 0 Å². The van der Waals surface area contributed by atoms with E-state index >= 15 is 0 Å². The second-order valence-electron chi connectivity index (χ2n) is 6.07. The Morgan fingerprint density at radius 3 is 2.48 bits per heavy atom. The molecule has 122 valence electrons. The van der Waals surface area contributed by atoms with E-state index in [1.54, 1.807) is 0 Å². The number of nitrogens with zero attached hydrogens (tertiary/aromatic N) is 4. The second kappa shape index (κ2) is 8.50. The minimum atomic E-state index is -1.71. The van der Waals surface area contributed by atoms with Crippen molar-refractivity contribution in [1.29, 1.82) is 5.26 Å². The summed E-state index contributed by atoms with van der Waals surface area (Å²) in [6, 6.07) is 6.40. The molecular weight excluding hydrogens is 298 g/mol. The Balaban J connectivity index is 2.02. The SMILES string of the molecule is N#Cc1ccc([C@H](F)[C@@H](N=[N+]=[N-])[C@H](F)CCC2CCCC2)cc1. The molecule has 0 heterocycles. The molecule has 1 fully saturated rings. The van der Waals surface area contributed by atoms with Crippen LogP contribution in [0.2, 0.25) is 0 Å². The minimum Gasteiger partial charge on any atom is -0.247 e. The summed E-state index contributed by atoms with van der Waals surface area (Å²) in [6.07, 6.45) is 2.27. The van der Waals surface area contributed by atoms with Gasteiger partial charge in [0.25, 0.3) is 0 Å². The molecule has 0 aromatic heterocycles. The Labute approximate surface area is 134 Å². The molecule has 0 amide bonds. The predicted octanol–water partition coefficient (Wildman–Crippen LogP) is 5.56. The van der Waals surface area contributed by atoms with Gasteiger partial charge in [-0.2, -0.15) is 5.26 Å². The maximum Gasteiger partial charge on any atom is 0.136 e. The molecule has 4 nitrogen and oxygen atoms in total. The summed E-state index contributed by atoms with van der Waals surface area (Å²) >= 11 is 0. The fourth-order valence-corrected chi connectivity index (χ4v) is 3.18. The maximum atomic E-state index is 14.6. The monoisotopic (exact) mass is 318 g/mol. The Bertz CT molecular complexity index is 584. The molecule has 1 aliphatic rings. The first kappa shape index (κ1) is 17.2. The lowest BCUT2D eigenvalue weighted by molar-refractivity contribution is 0.167. The van der Waals surface area contributed by atoms with Crippen molar-refractivity contribution >= 4 is 0 Å². The van der Waals surface area contributed by atoms with Gasteiger partial charge in [-0.15, -0.1) is 0 Å². The number of nitriles is 1. The van der Waals surface area contributed by atoms with Gasteiger partial charge in [-0.25, -0.2) is 8.78 Å². The molecular formula is C17H20F2N4. The Hall–Kier alpha value is -2.12. The third-order valence-electron chi connectivity index (χ3n) is 4.54. The molecule has 1 aromatic rings. The van der Waals surface area contributed by atoms with Gasteiger partial charge in [-0.3, -0.25) is 0 Å². The first-order chi connectivity index (χ1) is 11.2. The van der Waals surface area contributed by atoms with Crippen LogP contribution in [0.5, 0.6) is 0 Å². The molecule has 0 unspecified atom stereocenters. The summed E-state index contributed by atoms with van der Waals surface area (Å²) in [4.78, 5) is 2.61. The van der Waals surface area contributed by atoms with E-state index < -0.39 is 18.4 Å². The molecule has 23 heavy (non-hydrogen) atoms. The highest BCUT2D eigenvalue weighted by Gasteiger charge is 2.31. The minimum absolute atomic E-state index is 0.213. The number of azide groups is 1. The van der Waals surface area contributed by atoms with Crippen LogP contribution in [0.15, 0.2) is 29.4 Å². The van der Waals surface area contributed by atoms with E-state index in [1.807, 2.05) is 6.07 Å². The van der Waals surface area contributed by atoms with E-state index in [4.69, 9.17) is 10.8 Å². The first-order valence-corrected chi connectivity index (χ1v) is 7.98. The quantitative estimate of drug-likeness (QED) is 0.368. The van der Waals surface area contributed by atoms with Gasteiger partial charge in [-0.05, 0) is 42.0 Å². The van der Waals surface area contributed by atoms with Crippen molar-refractivity contribution in [2.24, 2.45) is 11.0 Å². The molecule has 0 bridgehead atoms. The van der Waals surface area contributed by atoms with Crippen molar-refractivity contribution in [3.63, 3.8) is 0 Å². The summed E-state index contributed by atoms with van der Waals surface area (Å²) < 4.78 is 29.0. The van der Waals surface area contributed by atoms with Crippen LogP contribution in [0.3, 0.4) is 0 Å². The zero-order valence-electron chi connectivity index (χ0n) is 12.9. The van der Waals surface area contributed by atoms with Gasteiger partial charge in [0, 0.05) is 4.91 Å². The van der Waals surface area contributed by atoms with Gasteiger partial charge in [0.15, 0.2) is 0 Å². The first-order valence-electron chi connectivity index (χ1n) is 7.98. The van der Waals surface area contributed by atoms with Gasteiger partial charge in [0.05, 0.1) is 11.6 Å². The topological polar surface area (TPSA) is 72.5 Å². The fourth-order valence-electron chi connectivity index (χ4n) is 3.18. The number of hydrogen-bond donors (Lipinski definition) is 0. The van der Waals surface area contributed by atoms with Gasteiger partial charge < -0.3 is 0 Å². The molecule has 0 N–H and O–H groups in total. The Kier molecular flexibility index (Phi) is 6.37. The summed E-state index contributed by atoms with van der Waals surface area (Å²) in [5.41, 5.74) is 9.25. The highest BCUT2D eigenvalue weighted by Crippen LogP contribution is 2.33. The van der Waals surface area contributed by atoms with Crippen LogP contribution < -0.4 is 0 Å². The highest BCUT2D eigenvalue weighted by atomic mass is 19.1. The van der Waals surface area contributed by atoms with E-state index in [1.165, 1.54) is 37.1 Å². The van der Waals surface area contributed by atoms with Gasteiger partial charge in [-0.1, -0.05) is 42.9 Å². The number of alkyl halides is 2. The molecule has 1 aromatic carbocycles. The number of rotatable bonds is 7. The van der Waals surface area contributed by atoms with Crippen molar-refractivity contribution in [3.05, 3.63) is 45.8 Å². The van der Waals surface area contributed by atoms with Crippen LogP contribution in [0.4, 0.5) is 8.78 Å². The number of hydrogen-bond acceptors (Lipinski definition) is 2. The molecule has 3 atom stereocenters. The molecule has 2 rings (SSSR count). The van der Waals surface area contributed by atoms with E-state index in [9.17, 15) is 8.78 Å². The summed E-state index contributed by atoms with van der Waals surface area (Å²) in [5.74, 6) is 0.507. The average Bonchev–Trinajstić information content (AvgIpc) is 3.10. The zero-order valence-corrected chi connectivity index (χ0v) is 12.9. The van der Waals surface area contributed by atoms with Crippen LogP contribution in [-0.2, 0) is 0 Å². The lowest BCUT2D eigenvalue weighted by Gasteiger charge is -2.21. The normalized spacial score (nSPS) is 18.7. The molecule has 1 saturated carbocycles. The second-order valence-corrected chi connectivity index (χ2v) is 6.07. The smallest absolute Gasteiger partial charge is 0.136 e. The van der Waals surface area contributed by atoms with Crippen molar-refractivity contribution in [2.45, 2.75) is 56.9 Å². The average molecular weight is 318 g/mol. The van der Waals surface area contributed by atoms with Crippen LogP contribution in [0.1, 0.15) is 55.8 Å². The number of benzene rings is 1. The lowest BCUT2D eigenvalue weighted by Crippen LogP contribution is -2.25. The lowest BCUT2D eigenvalue weighted by atomic mass is 9.93. The van der Waals surface area contributed by atoms with Crippen molar-refractivity contribution in [1.82, 2.24) is 0 Å². The summed E-state index contributed by atoms with van der Waals surface area (Å²) in [7, 11) is 0. The van der Waals surface area contributed by atoms with Crippen molar-refractivity contribution < 1.29 is 8.78 Å². The van der Waals surface area contributed by atoms with E-state index in [2.05, 4.69) is 10.0 Å². The van der Waals surface area contributed by atoms with Crippen LogP contribution in [0.25, 0.3) is 10.4 Å². The van der Waals surface area contributed by atoms with Gasteiger partial charge in [0.2, 0.25) is 0 Å². The van der Waals surface area contributed by atoms with Crippen LogP contribution in [0, 0.1) is 17.2 Å². The van der Waals surface area contributed by atoms with Crippen molar-refractivity contribution in [2.75, 3.05) is 0 Å². The van der Waals surface area contributed by atoms with E-state index in [0.29, 0.717) is 17.9 Å². The van der Waals surface area contributed by atoms with Crippen molar-refractivity contribution in [3.8, 4) is 6.07 Å². The Morgan fingerprint density at radius 2 is 1.91 bits per heavy atom. The Morgan fingerprint density at radius 1 is 1.26 bits per heavy atom. The summed E-state index contributed by atoms with van der Waals surface area (Å²) in [5, 5.41) is 12.1. The van der Waals surface area contributed by atoms with Gasteiger partial charge in [0.1, 0.15) is 18.4 Å². The highest BCUT2D eigenvalue weighted by molar-refractivity contribution is 5.33. The van der Waals surface area contributed by atoms with E-state index in [-0.39, 0.29) is 12.0 Å². The third-order valence-corrected chi connectivity index (χ3v) is 4.54. The molecule has 0 radical (unpaired) electrons. The molecule has 0 spiro atoms. The molecule has 0 aliphatic heterocycles. The molecule has 6 heteroatoms. The molecule has 0 saturated heterocycles. The van der Waals surface area contributed by atoms with Crippen LogP contribution in [-0.4, -0.2) is 12.2 Å². The fraction of sp³-hybridized carbons (Fsp3) is 0.588. The van der Waals surface area contributed by atoms with Crippen LogP contribution >= 0.6 is 0 Å². The van der Waals surface area contributed by atoms with E-state index in [0.717, 1.165) is 12.8 Å².